The number of imide groups is 1. The van der Waals surface area contributed by atoms with Gasteiger partial charge in [0.25, 0.3) is 0 Å². The average molecular weight is 470 g/mol. The Hall–Kier alpha value is -2.35. The first-order chi connectivity index (χ1) is 15.5. The largest absolute Gasteiger partial charge is 0.323 e. The first kappa shape index (κ1) is 21.5. The molecule has 32 heavy (non-hydrogen) atoms. The van der Waals surface area contributed by atoms with Gasteiger partial charge in [0.15, 0.2) is 0 Å². The van der Waals surface area contributed by atoms with Gasteiger partial charge in [0.2, 0.25) is 17.7 Å². The predicted octanol–water partition coefficient (Wildman–Crippen LogP) is 3.06. The number of anilines is 1. The lowest BCUT2D eigenvalue weighted by Gasteiger charge is -2.29. The molecule has 0 bridgehead atoms. The number of amides is 3. The molecule has 5 rings (SSSR count). The number of carbonyl (C=O) groups excluding carboxylic acids is 3. The Labute approximate surface area is 196 Å². The number of fused-ring (bicyclic) bond motifs is 4. The summed E-state index contributed by atoms with van der Waals surface area (Å²) in [5, 5.41) is 6.74. The van der Waals surface area contributed by atoms with E-state index in [1.165, 1.54) is 4.90 Å². The molecule has 3 amide bonds. The van der Waals surface area contributed by atoms with Crippen LogP contribution in [0.3, 0.4) is 0 Å². The van der Waals surface area contributed by atoms with Gasteiger partial charge in [0, 0.05) is 18.2 Å². The smallest absolute Gasteiger partial charge is 0.250 e. The van der Waals surface area contributed by atoms with Crippen LogP contribution < -0.4 is 10.6 Å². The summed E-state index contributed by atoms with van der Waals surface area (Å²) in [5.41, 5.74) is 0.969. The Balaban J connectivity index is 1.53. The summed E-state index contributed by atoms with van der Waals surface area (Å²) in [6.45, 7) is 0.310. The van der Waals surface area contributed by atoms with E-state index in [-0.39, 0.29) is 23.8 Å². The van der Waals surface area contributed by atoms with Crippen LogP contribution in [-0.2, 0) is 26.3 Å². The Morgan fingerprint density at radius 2 is 1.84 bits per heavy atom. The molecule has 0 aromatic heterocycles. The van der Waals surface area contributed by atoms with Crippen LogP contribution in [0.1, 0.15) is 17.5 Å². The molecular formula is C24H24ClN3O3S. The van der Waals surface area contributed by atoms with Gasteiger partial charge in [-0.25, -0.2) is 0 Å². The van der Waals surface area contributed by atoms with Crippen LogP contribution in [0.4, 0.5) is 5.69 Å². The minimum absolute atomic E-state index is 0.185. The quantitative estimate of drug-likeness (QED) is 0.636. The highest BCUT2D eigenvalue weighted by Gasteiger charge is 2.70. The molecule has 1 spiro atoms. The van der Waals surface area contributed by atoms with E-state index in [2.05, 4.69) is 10.6 Å². The van der Waals surface area contributed by atoms with Crippen molar-refractivity contribution >= 4 is 46.8 Å². The zero-order chi connectivity index (χ0) is 22.5. The van der Waals surface area contributed by atoms with E-state index in [1.807, 2.05) is 42.7 Å². The van der Waals surface area contributed by atoms with Crippen LogP contribution in [0.5, 0.6) is 0 Å². The zero-order valence-electron chi connectivity index (χ0n) is 17.6. The Kier molecular flexibility index (Phi) is 5.51. The lowest BCUT2D eigenvalue weighted by atomic mass is 9.76. The molecule has 2 aromatic rings. The van der Waals surface area contributed by atoms with E-state index in [1.54, 1.807) is 23.9 Å². The normalized spacial score (nSPS) is 28.4. The number of hydrogen-bond acceptors (Lipinski definition) is 5. The van der Waals surface area contributed by atoms with Gasteiger partial charge in [-0.3, -0.25) is 24.6 Å². The molecule has 2 N–H and O–H groups in total. The van der Waals surface area contributed by atoms with Crippen molar-refractivity contribution in [3.63, 3.8) is 0 Å². The topological polar surface area (TPSA) is 78.5 Å². The number of nitrogens with zero attached hydrogens (tertiary/aromatic N) is 1. The summed E-state index contributed by atoms with van der Waals surface area (Å²) >= 11 is 8.04. The minimum Gasteiger partial charge on any atom is -0.323 e. The maximum absolute atomic E-state index is 13.7. The molecule has 2 aromatic carbocycles. The molecule has 3 aliphatic rings. The second kappa shape index (κ2) is 8.21. The summed E-state index contributed by atoms with van der Waals surface area (Å²) in [5.74, 6) is -1.30. The van der Waals surface area contributed by atoms with E-state index in [0.717, 1.165) is 11.3 Å². The highest BCUT2D eigenvalue weighted by Crippen LogP contribution is 2.54. The monoisotopic (exact) mass is 469 g/mol. The standard InChI is InChI=1S/C24H24ClN3O3S/c1-32-13-11-17-18-19(22(30)28(21(18)29)12-10-14-6-3-2-4-7-14)24(27-17)15-8-5-9-16(25)20(15)26-23(24)31/h2-9,17-19,27H,10-13H2,1H3,(H,26,31)/t17-,18+,19+,24-/m1/s1. The van der Waals surface area contributed by atoms with Crippen molar-refractivity contribution in [3.8, 4) is 0 Å². The first-order valence-corrected chi connectivity index (χ1v) is 12.5. The fraction of sp³-hybridized carbons (Fsp3) is 0.375. The van der Waals surface area contributed by atoms with Crippen LogP contribution in [0, 0.1) is 11.8 Å². The van der Waals surface area contributed by atoms with Crippen molar-refractivity contribution in [1.29, 1.82) is 0 Å². The number of benzene rings is 2. The number of nitrogens with one attached hydrogen (secondary N) is 2. The van der Waals surface area contributed by atoms with Gasteiger partial charge < -0.3 is 5.32 Å². The molecule has 2 saturated heterocycles. The number of carbonyl (C=O) groups is 3. The molecule has 3 heterocycles. The molecule has 2 fully saturated rings. The third kappa shape index (κ3) is 3.10. The molecular weight excluding hydrogens is 446 g/mol. The zero-order valence-corrected chi connectivity index (χ0v) is 19.2. The highest BCUT2D eigenvalue weighted by atomic mass is 35.5. The molecule has 0 radical (unpaired) electrons. The molecule has 0 aliphatic carbocycles. The SMILES string of the molecule is CSCC[C@H]1N[C@@]2(C(=O)Nc3c(Cl)cccc32)[C@@H]2C(=O)N(CCc3ccccc3)C(=O)[C@H]21. The van der Waals surface area contributed by atoms with Crippen molar-refractivity contribution in [2.45, 2.75) is 24.4 Å². The van der Waals surface area contributed by atoms with Crippen LogP contribution in [0.25, 0.3) is 0 Å². The first-order valence-electron chi connectivity index (χ1n) is 10.7. The van der Waals surface area contributed by atoms with Crippen LogP contribution in [-0.4, -0.2) is 47.2 Å². The number of hydrogen-bond donors (Lipinski definition) is 2. The third-order valence-electron chi connectivity index (χ3n) is 6.89. The maximum Gasteiger partial charge on any atom is 0.250 e. The molecule has 6 nitrogen and oxygen atoms in total. The fourth-order valence-corrected chi connectivity index (χ4v) is 6.16. The molecule has 0 saturated carbocycles. The van der Waals surface area contributed by atoms with E-state index >= 15 is 0 Å². The number of likely N-dealkylation sites (tertiary alicyclic amines) is 1. The van der Waals surface area contributed by atoms with Gasteiger partial charge >= 0.3 is 0 Å². The lowest BCUT2D eigenvalue weighted by molar-refractivity contribution is -0.142. The van der Waals surface area contributed by atoms with Crippen LogP contribution in [0.2, 0.25) is 5.02 Å². The number of para-hydroxylation sites is 1. The van der Waals surface area contributed by atoms with Crippen molar-refractivity contribution in [3.05, 3.63) is 64.7 Å². The van der Waals surface area contributed by atoms with Crippen molar-refractivity contribution < 1.29 is 14.4 Å². The summed E-state index contributed by atoms with van der Waals surface area (Å²) in [6, 6.07) is 14.8. The summed E-state index contributed by atoms with van der Waals surface area (Å²) < 4.78 is 0. The van der Waals surface area contributed by atoms with Gasteiger partial charge in [0.1, 0.15) is 5.54 Å². The van der Waals surface area contributed by atoms with Gasteiger partial charge in [-0.2, -0.15) is 11.8 Å². The summed E-state index contributed by atoms with van der Waals surface area (Å²) in [4.78, 5) is 42.0. The Morgan fingerprint density at radius 1 is 1.06 bits per heavy atom. The number of halogens is 1. The van der Waals surface area contributed by atoms with E-state index in [9.17, 15) is 14.4 Å². The Morgan fingerprint density at radius 3 is 2.59 bits per heavy atom. The van der Waals surface area contributed by atoms with Crippen molar-refractivity contribution in [1.82, 2.24) is 10.2 Å². The minimum atomic E-state index is -1.28. The van der Waals surface area contributed by atoms with Crippen molar-refractivity contribution in [2.24, 2.45) is 11.8 Å². The Bertz CT molecular complexity index is 1100. The number of rotatable bonds is 6. The van der Waals surface area contributed by atoms with E-state index < -0.39 is 17.4 Å². The number of thioether (sulfide) groups is 1. The molecule has 166 valence electrons. The predicted molar refractivity (Wildman–Crippen MR) is 126 cm³/mol. The lowest BCUT2D eigenvalue weighted by Crippen LogP contribution is -2.53. The molecule has 4 atom stereocenters. The van der Waals surface area contributed by atoms with Crippen LogP contribution >= 0.6 is 23.4 Å². The van der Waals surface area contributed by atoms with Gasteiger partial charge in [-0.05, 0) is 36.5 Å². The third-order valence-corrected chi connectivity index (χ3v) is 7.85. The summed E-state index contributed by atoms with van der Waals surface area (Å²) in [7, 11) is 0. The average Bonchev–Trinajstić information content (AvgIpc) is 3.38. The van der Waals surface area contributed by atoms with E-state index in [4.69, 9.17) is 11.6 Å². The molecule has 8 heteroatoms. The highest BCUT2D eigenvalue weighted by molar-refractivity contribution is 7.98. The fourth-order valence-electron chi connectivity index (χ4n) is 5.45. The van der Waals surface area contributed by atoms with Crippen LogP contribution in [0.15, 0.2) is 48.5 Å². The second-order valence-corrected chi connectivity index (χ2v) is 9.92. The van der Waals surface area contributed by atoms with Crippen molar-refractivity contribution in [2.75, 3.05) is 23.9 Å². The van der Waals surface area contributed by atoms with Gasteiger partial charge in [-0.15, -0.1) is 0 Å². The van der Waals surface area contributed by atoms with Gasteiger partial charge in [-0.1, -0.05) is 54.1 Å². The summed E-state index contributed by atoms with van der Waals surface area (Å²) in [6.07, 6.45) is 3.29. The van der Waals surface area contributed by atoms with Gasteiger partial charge in [0.05, 0.1) is 22.5 Å². The van der Waals surface area contributed by atoms with E-state index in [0.29, 0.717) is 35.7 Å². The second-order valence-electron chi connectivity index (χ2n) is 8.52. The maximum atomic E-state index is 13.7. The molecule has 3 aliphatic heterocycles. The molecule has 0 unspecified atom stereocenters.